The lowest BCUT2D eigenvalue weighted by molar-refractivity contribution is 0.0900. The molecule has 0 bridgehead atoms. The van der Waals surface area contributed by atoms with Gasteiger partial charge in [0.15, 0.2) is 5.78 Å². The van der Waals surface area contributed by atoms with Crippen molar-refractivity contribution in [2.24, 2.45) is 5.41 Å². The van der Waals surface area contributed by atoms with Crippen molar-refractivity contribution < 1.29 is 9.21 Å². The molecule has 2 aromatic rings. The number of halogens is 1. The van der Waals surface area contributed by atoms with Crippen LogP contribution in [-0.4, -0.2) is 5.78 Å². The topological polar surface area (TPSA) is 47.3 Å². The van der Waals surface area contributed by atoms with Crippen LogP contribution in [0.15, 0.2) is 31.9 Å². The summed E-state index contributed by atoms with van der Waals surface area (Å²) < 4.78 is 6.06. The maximum absolute atomic E-state index is 12.4. The highest BCUT2D eigenvalue weighted by molar-refractivity contribution is 9.10. The molecule has 0 N–H and O–H groups in total. The Morgan fingerprint density at radius 1 is 1.21 bits per heavy atom. The quantitative estimate of drug-likeness (QED) is 0.743. The number of ketones is 1. The first kappa shape index (κ1) is 12.6. The summed E-state index contributed by atoms with van der Waals surface area (Å²) in [5, 5.41) is 1.15. The molecule has 0 amide bonds. The average Bonchev–Trinajstić information content (AvgIpc) is 2.25. The highest BCUT2D eigenvalue weighted by atomic mass is 79.9. The number of carbonyl (C=O) groups is 1. The third-order valence-electron chi connectivity index (χ3n) is 3.54. The molecule has 0 atom stereocenters. The van der Waals surface area contributed by atoms with E-state index in [2.05, 4.69) is 15.9 Å². The highest BCUT2D eigenvalue weighted by Gasteiger charge is 2.34. The number of benzene rings is 1. The van der Waals surface area contributed by atoms with E-state index in [9.17, 15) is 9.59 Å². The first-order valence-electron chi connectivity index (χ1n) is 6.16. The zero-order valence-electron chi connectivity index (χ0n) is 10.7. The van der Waals surface area contributed by atoms with Gasteiger partial charge in [0, 0.05) is 22.7 Å². The van der Waals surface area contributed by atoms with Gasteiger partial charge < -0.3 is 4.42 Å². The predicted molar refractivity (Wildman–Crippen MR) is 76.6 cm³/mol. The van der Waals surface area contributed by atoms with Crippen molar-refractivity contribution in [3.05, 3.63) is 44.4 Å². The van der Waals surface area contributed by atoms with Gasteiger partial charge in [-0.15, -0.1) is 0 Å². The van der Waals surface area contributed by atoms with Crippen LogP contribution in [-0.2, 0) is 6.42 Å². The van der Waals surface area contributed by atoms with Crippen molar-refractivity contribution in [2.75, 3.05) is 0 Å². The van der Waals surface area contributed by atoms with Gasteiger partial charge in [-0.2, -0.15) is 0 Å². The van der Waals surface area contributed by atoms with Gasteiger partial charge in [-0.25, -0.2) is 4.79 Å². The molecule has 19 heavy (non-hydrogen) atoms. The van der Waals surface area contributed by atoms with E-state index >= 15 is 0 Å². The molecular formula is C15H13BrO3. The van der Waals surface area contributed by atoms with Crippen LogP contribution in [0.4, 0.5) is 0 Å². The molecule has 0 aliphatic heterocycles. The molecule has 1 aliphatic rings. The first-order chi connectivity index (χ1) is 8.89. The third-order valence-corrected chi connectivity index (χ3v) is 4.20. The Balaban J connectivity index is 2.43. The van der Waals surface area contributed by atoms with Crippen LogP contribution < -0.4 is 5.63 Å². The second-order valence-corrected chi connectivity index (χ2v) is 6.65. The number of rotatable bonds is 0. The minimum atomic E-state index is -0.383. The van der Waals surface area contributed by atoms with Crippen molar-refractivity contribution in [3.63, 3.8) is 0 Å². The van der Waals surface area contributed by atoms with Gasteiger partial charge in [0.1, 0.15) is 5.76 Å². The van der Waals surface area contributed by atoms with E-state index in [1.807, 2.05) is 26.0 Å². The molecule has 0 saturated heterocycles. The number of hydrogen-bond donors (Lipinski definition) is 0. The van der Waals surface area contributed by atoms with Gasteiger partial charge in [-0.05, 0) is 27.4 Å². The van der Waals surface area contributed by atoms with Crippen molar-refractivity contribution in [1.29, 1.82) is 0 Å². The molecule has 98 valence electrons. The molecule has 1 aromatic heterocycles. The molecular weight excluding hydrogens is 308 g/mol. The lowest BCUT2D eigenvalue weighted by atomic mass is 9.75. The van der Waals surface area contributed by atoms with Crippen LogP contribution in [0.3, 0.4) is 0 Å². The zero-order chi connectivity index (χ0) is 13.8. The minimum absolute atomic E-state index is 0.0538. The van der Waals surface area contributed by atoms with E-state index in [1.54, 1.807) is 6.07 Å². The molecule has 1 aliphatic carbocycles. The summed E-state index contributed by atoms with van der Waals surface area (Å²) in [5.41, 5.74) is 0.0432. The van der Waals surface area contributed by atoms with E-state index in [0.29, 0.717) is 39.4 Å². The van der Waals surface area contributed by atoms with Gasteiger partial charge >= 0.3 is 5.63 Å². The van der Waals surface area contributed by atoms with Crippen molar-refractivity contribution in [1.82, 2.24) is 0 Å². The number of hydrogen-bond acceptors (Lipinski definition) is 3. The summed E-state index contributed by atoms with van der Waals surface area (Å²) in [4.78, 5) is 24.4. The fourth-order valence-corrected chi connectivity index (χ4v) is 3.28. The second kappa shape index (κ2) is 4.04. The Kier molecular flexibility index (Phi) is 2.68. The second-order valence-electron chi connectivity index (χ2n) is 5.79. The van der Waals surface area contributed by atoms with Gasteiger partial charge in [0.25, 0.3) is 0 Å². The van der Waals surface area contributed by atoms with Crippen molar-refractivity contribution >= 4 is 32.5 Å². The molecule has 1 heterocycles. The summed E-state index contributed by atoms with van der Waals surface area (Å²) in [7, 11) is 0. The molecule has 4 heteroatoms. The maximum atomic E-state index is 12.4. The molecule has 3 nitrogen and oxygen atoms in total. The Morgan fingerprint density at radius 3 is 2.68 bits per heavy atom. The molecule has 3 rings (SSSR count). The monoisotopic (exact) mass is 320 g/mol. The largest absolute Gasteiger partial charge is 0.427 e. The smallest absolute Gasteiger partial charge is 0.345 e. The van der Waals surface area contributed by atoms with Gasteiger partial charge in [-0.1, -0.05) is 26.0 Å². The summed E-state index contributed by atoms with van der Waals surface area (Å²) in [6.07, 6.45) is 1.10. The third kappa shape index (κ3) is 1.94. The molecule has 0 fully saturated rings. The van der Waals surface area contributed by atoms with E-state index in [-0.39, 0.29) is 16.8 Å². The van der Waals surface area contributed by atoms with Gasteiger partial charge in [0.2, 0.25) is 0 Å². The van der Waals surface area contributed by atoms with E-state index < -0.39 is 0 Å². The van der Waals surface area contributed by atoms with Crippen LogP contribution >= 0.6 is 15.9 Å². The normalized spacial score (nSPS) is 17.5. The summed E-state index contributed by atoms with van der Waals surface area (Å²) in [5.74, 6) is 0.579. The van der Waals surface area contributed by atoms with Gasteiger partial charge in [0.05, 0.1) is 10.9 Å². The Hall–Kier alpha value is -1.42. The van der Waals surface area contributed by atoms with Gasteiger partial charge in [-0.3, -0.25) is 4.79 Å². The van der Waals surface area contributed by atoms with Crippen LogP contribution in [0.25, 0.3) is 10.8 Å². The zero-order valence-corrected chi connectivity index (χ0v) is 12.3. The standard InChI is InChI=1S/C15H13BrO3/c1-15(2)6-10(17)13-8-4-3-5-9(16)12(8)14(18)19-11(13)7-15/h3-5H,6-7H2,1-2H3. The van der Waals surface area contributed by atoms with E-state index in [1.165, 1.54) is 0 Å². The number of Topliss-reactive ketones (excluding diaryl/α,β-unsaturated/α-hetero) is 1. The molecule has 0 radical (unpaired) electrons. The molecule has 0 unspecified atom stereocenters. The number of carbonyl (C=O) groups excluding carboxylic acids is 1. The maximum Gasteiger partial charge on any atom is 0.345 e. The number of fused-ring (bicyclic) bond motifs is 3. The summed E-state index contributed by atoms with van der Waals surface area (Å²) in [6, 6.07) is 5.42. The average molecular weight is 321 g/mol. The molecule has 0 saturated carbocycles. The van der Waals surface area contributed by atoms with Crippen LogP contribution in [0, 0.1) is 5.41 Å². The fraction of sp³-hybridized carbons (Fsp3) is 0.333. The van der Waals surface area contributed by atoms with Crippen LogP contribution in [0.5, 0.6) is 0 Å². The Morgan fingerprint density at radius 2 is 1.95 bits per heavy atom. The minimum Gasteiger partial charge on any atom is -0.427 e. The summed E-state index contributed by atoms with van der Waals surface area (Å²) >= 11 is 3.35. The van der Waals surface area contributed by atoms with E-state index in [0.717, 1.165) is 0 Å². The van der Waals surface area contributed by atoms with Crippen molar-refractivity contribution in [2.45, 2.75) is 26.7 Å². The predicted octanol–water partition coefficient (Wildman–Crippen LogP) is 3.71. The van der Waals surface area contributed by atoms with Crippen molar-refractivity contribution in [3.8, 4) is 0 Å². The lowest BCUT2D eigenvalue weighted by Gasteiger charge is -2.29. The Bertz CT molecular complexity index is 756. The SMILES string of the molecule is CC1(C)CC(=O)c2c(oc(=O)c3c(Br)cccc23)C1. The fourth-order valence-electron chi connectivity index (χ4n) is 2.75. The molecule has 1 aromatic carbocycles. The lowest BCUT2D eigenvalue weighted by Crippen LogP contribution is -2.28. The van der Waals surface area contributed by atoms with E-state index in [4.69, 9.17) is 4.42 Å². The first-order valence-corrected chi connectivity index (χ1v) is 6.96. The Labute approximate surface area is 118 Å². The highest BCUT2D eigenvalue weighted by Crippen LogP contribution is 2.37. The molecule has 0 spiro atoms. The summed E-state index contributed by atoms with van der Waals surface area (Å²) in [6.45, 7) is 4.03. The van der Waals surface area contributed by atoms with Crippen LogP contribution in [0.1, 0.15) is 36.4 Å². The van der Waals surface area contributed by atoms with Crippen LogP contribution in [0.2, 0.25) is 0 Å².